The summed E-state index contributed by atoms with van der Waals surface area (Å²) in [5.41, 5.74) is 0. The van der Waals surface area contributed by atoms with Crippen molar-refractivity contribution in [2.75, 3.05) is 0 Å². The van der Waals surface area contributed by atoms with E-state index >= 15 is 0 Å². The van der Waals surface area contributed by atoms with Gasteiger partial charge in [0.05, 0.1) is 5.92 Å². The van der Waals surface area contributed by atoms with Crippen LogP contribution in [-0.4, -0.2) is 28.3 Å². The van der Waals surface area contributed by atoms with Crippen molar-refractivity contribution >= 4 is 29.0 Å². The van der Waals surface area contributed by atoms with Crippen LogP contribution in [-0.2, 0) is 0 Å². The lowest BCUT2D eigenvalue weighted by molar-refractivity contribution is 0.374. The standard InChI is InChI=1S/C9H9N5S/c10-13-7-6-2-1-3-11-8(6)14-4-5-15-9(14)12-7/h1-6,8H,10H2/b13-7-. The number of nitrogens with zero attached hydrogens (tertiary/aromatic N) is 4. The minimum atomic E-state index is 0.0241. The van der Waals surface area contributed by atoms with Crippen LogP contribution in [0.4, 0.5) is 0 Å². The first-order chi connectivity index (χ1) is 7.40. The van der Waals surface area contributed by atoms with Crippen LogP contribution in [0.2, 0.25) is 0 Å². The van der Waals surface area contributed by atoms with Crippen LogP contribution in [0.15, 0.2) is 38.8 Å². The summed E-state index contributed by atoms with van der Waals surface area (Å²) in [6, 6.07) is 0. The molecular weight excluding hydrogens is 210 g/mol. The van der Waals surface area contributed by atoms with E-state index in [2.05, 4.69) is 15.1 Å². The molecule has 0 spiro atoms. The molecule has 2 unspecified atom stereocenters. The Bertz CT molecular complexity index is 434. The lowest BCUT2D eigenvalue weighted by Gasteiger charge is -2.34. The Balaban J connectivity index is 2.08. The summed E-state index contributed by atoms with van der Waals surface area (Å²) in [7, 11) is 0. The van der Waals surface area contributed by atoms with Crippen LogP contribution < -0.4 is 5.84 Å². The lowest BCUT2D eigenvalue weighted by Crippen LogP contribution is -2.45. The molecule has 0 aromatic carbocycles. The van der Waals surface area contributed by atoms with Gasteiger partial charge in [0.2, 0.25) is 0 Å². The van der Waals surface area contributed by atoms with Crippen molar-refractivity contribution in [1.82, 2.24) is 4.90 Å². The number of nitrogens with two attached hydrogens (primary N) is 1. The largest absolute Gasteiger partial charge is 0.321 e. The summed E-state index contributed by atoms with van der Waals surface area (Å²) >= 11 is 1.56. The first-order valence-electron chi connectivity index (χ1n) is 4.58. The average Bonchev–Trinajstić information content (AvgIpc) is 2.76. The second-order valence-corrected chi connectivity index (χ2v) is 4.19. The Labute approximate surface area is 91.1 Å². The predicted molar refractivity (Wildman–Crippen MR) is 62.5 cm³/mol. The van der Waals surface area contributed by atoms with E-state index in [1.807, 2.05) is 28.7 Å². The molecule has 3 aliphatic heterocycles. The number of amidine groups is 2. The molecule has 15 heavy (non-hydrogen) atoms. The normalized spacial score (nSPS) is 34.3. The molecule has 0 bridgehead atoms. The van der Waals surface area contributed by atoms with Crippen molar-refractivity contribution in [3.8, 4) is 0 Å². The van der Waals surface area contributed by atoms with E-state index in [4.69, 9.17) is 5.84 Å². The zero-order valence-electron chi connectivity index (χ0n) is 7.82. The maximum atomic E-state index is 5.34. The molecule has 0 radical (unpaired) electrons. The fourth-order valence-electron chi connectivity index (χ4n) is 1.82. The monoisotopic (exact) mass is 219 g/mol. The van der Waals surface area contributed by atoms with Gasteiger partial charge >= 0.3 is 0 Å². The molecular formula is C9H9N5S. The van der Waals surface area contributed by atoms with Gasteiger partial charge in [-0.2, -0.15) is 5.10 Å². The highest BCUT2D eigenvalue weighted by molar-refractivity contribution is 8.16. The summed E-state index contributed by atoms with van der Waals surface area (Å²) in [6.45, 7) is 0. The second-order valence-electron chi connectivity index (χ2n) is 3.31. The van der Waals surface area contributed by atoms with Gasteiger partial charge < -0.3 is 10.7 Å². The molecule has 3 heterocycles. The number of hydrogen-bond donors (Lipinski definition) is 1. The molecule has 76 valence electrons. The zero-order chi connectivity index (χ0) is 10.3. The molecule has 3 aliphatic rings. The van der Waals surface area contributed by atoms with Crippen molar-refractivity contribution in [1.29, 1.82) is 0 Å². The lowest BCUT2D eigenvalue weighted by atomic mass is 10.0. The average molecular weight is 219 g/mol. The Morgan fingerprint density at radius 2 is 2.47 bits per heavy atom. The van der Waals surface area contributed by atoms with Crippen LogP contribution in [0.25, 0.3) is 0 Å². The van der Waals surface area contributed by atoms with E-state index in [1.165, 1.54) is 0 Å². The van der Waals surface area contributed by atoms with E-state index in [-0.39, 0.29) is 12.1 Å². The number of rotatable bonds is 0. The van der Waals surface area contributed by atoms with E-state index in [1.54, 1.807) is 18.0 Å². The molecule has 0 amide bonds. The van der Waals surface area contributed by atoms with Gasteiger partial charge in [0, 0.05) is 12.4 Å². The van der Waals surface area contributed by atoms with E-state index in [0.29, 0.717) is 5.84 Å². The number of fused-ring (bicyclic) bond motifs is 3. The Hall–Kier alpha value is -1.56. The third-order valence-electron chi connectivity index (χ3n) is 2.51. The molecule has 0 aliphatic carbocycles. The highest BCUT2D eigenvalue weighted by atomic mass is 32.2. The molecule has 0 saturated carbocycles. The Morgan fingerprint density at radius 1 is 1.53 bits per heavy atom. The van der Waals surface area contributed by atoms with Gasteiger partial charge in [-0.1, -0.05) is 17.8 Å². The summed E-state index contributed by atoms with van der Waals surface area (Å²) in [5, 5.41) is 6.61. The van der Waals surface area contributed by atoms with Crippen molar-refractivity contribution in [2.24, 2.45) is 26.8 Å². The van der Waals surface area contributed by atoms with Crippen molar-refractivity contribution in [2.45, 2.75) is 6.17 Å². The number of dihydropyridines is 1. The molecule has 5 nitrogen and oxygen atoms in total. The minimum absolute atomic E-state index is 0.0241. The molecule has 0 aromatic rings. The first kappa shape index (κ1) is 8.72. The van der Waals surface area contributed by atoms with Gasteiger partial charge in [0.25, 0.3) is 0 Å². The summed E-state index contributed by atoms with van der Waals surface area (Å²) in [5.74, 6) is 6.05. The fourth-order valence-corrected chi connectivity index (χ4v) is 2.57. The minimum Gasteiger partial charge on any atom is -0.321 e. The predicted octanol–water partition coefficient (Wildman–Crippen LogP) is 0.731. The number of allylic oxidation sites excluding steroid dienone is 1. The summed E-state index contributed by atoms with van der Waals surface area (Å²) in [6.07, 6.45) is 7.75. The molecule has 0 aromatic heterocycles. The third kappa shape index (κ3) is 1.21. The Morgan fingerprint density at radius 3 is 3.33 bits per heavy atom. The van der Waals surface area contributed by atoms with Gasteiger partial charge in [-0.15, -0.1) is 0 Å². The van der Waals surface area contributed by atoms with Gasteiger partial charge in [0.1, 0.15) is 6.17 Å². The summed E-state index contributed by atoms with van der Waals surface area (Å²) in [4.78, 5) is 10.9. The summed E-state index contributed by atoms with van der Waals surface area (Å²) < 4.78 is 0. The smallest absolute Gasteiger partial charge is 0.176 e. The van der Waals surface area contributed by atoms with Gasteiger partial charge in [-0.25, -0.2) is 4.99 Å². The Kier molecular flexibility index (Phi) is 1.88. The van der Waals surface area contributed by atoms with Crippen LogP contribution in [0.1, 0.15) is 0 Å². The van der Waals surface area contributed by atoms with Crippen molar-refractivity contribution < 1.29 is 0 Å². The molecule has 2 N–H and O–H groups in total. The van der Waals surface area contributed by atoms with Crippen molar-refractivity contribution in [3.63, 3.8) is 0 Å². The van der Waals surface area contributed by atoms with Crippen LogP contribution in [0, 0.1) is 5.92 Å². The van der Waals surface area contributed by atoms with E-state index in [9.17, 15) is 0 Å². The third-order valence-corrected chi connectivity index (χ3v) is 3.28. The molecule has 3 rings (SSSR count). The van der Waals surface area contributed by atoms with Crippen LogP contribution >= 0.6 is 11.8 Å². The number of hydrogen-bond acceptors (Lipinski definition) is 5. The number of thioether (sulfide) groups is 1. The highest BCUT2D eigenvalue weighted by Crippen LogP contribution is 2.32. The SMILES string of the molecule is N/N=C1\N=C2SC=CN2C2N=CC=CC12. The topological polar surface area (TPSA) is 66.3 Å². The van der Waals surface area contributed by atoms with E-state index < -0.39 is 0 Å². The second kappa shape index (κ2) is 3.23. The molecule has 2 atom stereocenters. The molecule has 0 saturated heterocycles. The van der Waals surface area contributed by atoms with Gasteiger partial charge in [0.15, 0.2) is 11.0 Å². The van der Waals surface area contributed by atoms with E-state index in [0.717, 1.165) is 5.17 Å². The maximum Gasteiger partial charge on any atom is 0.176 e. The number of hydrazone groups is 1. The molecule has 6 heteroatoms. The van der Waals surface area contributed by atoms with Crippen LogP contribution in [0.5, 0.6) is 0 Å². The van der Waals surface area contributed by atoms with Gasteiger partial charge in [-0.05, 0) is 11.5 Å². The van der Waals surface area contributed by atoms with Crippen LogP contribution in [0.3, 0.4) is 0 Å². The maximum absolute atomic E-state index is 5.34. The molecule has 0 fully saturated rings. The number of aliphatic imine (C=N–C) groups is 2. The fraction of sp³-hybridized carbons (Fsp3) is 0.222. The van der Waals surface area contributed by atoms with Gasteiger partial charge in [-0.3, -0.25) is 4.99 Å². The quantitative estimate of drug-likeness (QED) is 0.482. The van der Waals surface area contributed by atoms with Crippen molar-refractivity contribution in [3.05, 3.63) is 23.8 Å². The highest BCUT2D eigenvalue weighted by Gasteiger charge is 2.37. The zero-order valence-corrected chi connectivity index (χ0v) is 8.63. The first-order valence-corrected chi connectivity index (χ1v) is 5.46.